The molecule has 0 saturated carbocycles. The van der Waals surface area contributed by atoms with E-state index >= 15 is 0 Å². The van der Waals surface area contributed by atoms with Crippen LogP contribution in [0.2, 0.25) is 5.02 Å². The molecule has 1 aromatic carbocycles. The van der Waals surface area contributed by atoms with Gasteiger partial charge in [0.1, 0.15) is 5.82 Å². The minimum atomic E-state index is -4.77. The molecule has 2 heterocycles. The Kier molecular flexibility index (Phi) is 6.40. The van der Waals surface area contributed by atoms with Crippen molar-refractivity contribution in [1.29, 1.82) is 0 Å². The van der Waals surface area contributed by atoms with Crippen LogP contribution < -0.4 is 5.32 Å². The van der Waals surface area contributed by atoms with Gasteiger partial charge in [-0.1, -0.05) is 17.7 Å². The zero-order valence-corrected chi connectivity index (χ0v) is 17.5. The van der Waals surface area contributed by atoms with E-state index in [1.165, 1.54) is 0 Å². The maximum absolute atomic E-state index is 13.1. The third kappa shape index (κ3) is 4.93. The van der Waals surface area contributed by atoms with Crippen molar-refractivity contribution in [2.24, 2.45) is 5.92 Å². The van der Waals surface area contributed by atoms with Gasteiger partial charge in [0.2, 0.25) is 15.9 Å². The van der Waals surface area contributed by atoms with Crippen molar-refractivity contribution >= 4 is 33.3 Å². The van der Waals surface area contributed by atoms with Crippen LogP contribution in [-0.2, 0) is 21.0 Å². The number of carbonyl (C=O) groups is 1. The van der Waals surface area contributed by atoms with E-state index in [-0.39, 0.29) is 31.8 Å². The van der Waals surface area contributed by atoms with Gasteiger partial charge in [0.05, 0.1) is 15.5 Å². The molecule has 0 unspecified atom stereocenters. The van der Waals surface area contributed by atoms with Crippen LogP contribution in [0, 0.1) is 12.8 Å². The number of carbonyl (C=O) groups excluding carboxylic acids is 1. The van der Waals surface area contributed by atoms with Crippen molar-refractivity contribution in [3.63, 3.8) is 0 Å². The highest BCUT2D eigenvalue weighted by molar-refractivity contribution is 7.89. The van der Waals surface area contributed by atoms with Crippen LogP contribution >= 0.6 is 11.6 Å². The van der Waals surface area contributed by atoms with Crippen molar-refractivity contribution < 1.29 is 26.4 Å². The molecule has 1 fully saturated rings. The predicted molar refractivity (Wildman–Crippen MR) is 106 cm³/mol. The highest BCUT2D eigenvalue weighted by atomic mass is 35.5. The largest absolute Gasteiger partial charge is 0.417 e. The summed E-state index contributed by atoms with van der Waals surface area (Å²) in [5, 5.41) is 2.14. The molecule has 3 rings (SSSR count). The lowest BCUT2D eigenvalue weighted by atomic mass is 9.97. The Bertz CT molecular complexity index is 1050. The molecule has 1 aromatic heterocycles. The van der Waals surface area contributed by atoms with Crippen molar-refractivity contribution in [2.45, 2.75) is 30.8 Å². The third-order valence-electron chi connectivity index (χ3n) is 4.85. The van der Waals surface area contributed by atoms with E-state index in [1.807, 2.05) is 0 Å². The summed E-state index contributed by atoms with van der Waals surface area (Å²) in [6.45, 7) is 1.83. The fourth-order valence-electron chi connectivity index (χ4n) is 3.23. The van der Waals surface area contributed by atoms with Gasteiger partial charge in [-0.15, -0.1) is 0 Å². The maximum atomic E-state index is 13.1. The maximum Gasteiger partial charge on any atom is 0.417 e. The topological polar surface area (TPSA) is 79.4 Å². The van der Waals surface area contributed by atoms with Crippen molar-refractivity contribution in [3.05, 3.63) is 52.7 Å². The van der Waals surface area contributed by atoms with E-state index in [2.05, 4.69) is 10.3 Å². The second-order valence-electron chi connectivity index (χ2n) is 6.97. The third-order valence-corrected chi connectivity index (χ3v) is 7.07. The minimum Gasteiger partial charge on any atom is -0.310 e. The summed E-state index contributed by atoms with van der Waals surface area (Å²) in [6, 6.07) is 7.72. The lowest BCUT2D eigenvalue weighted by molar-refractivity contribution is -0.137. The number of nitrogens with zero attached hydrogens (tertiary/aromatic N) is 2. The molecule has 0 radical (unpaired) electrons. The van der Waals surface area contributed by atoms with Crippen molar-refractivity contribution in [3.8, 4) is 0 Å². The number of pyridine rings is 1. The molecule has 2 aromatic rings. The number of halogens is 4. The van der Waals surface area contributed by atoms with Gasteiger partial charge in [0.25, 0.3) is 0 Å². The number of sulfonamides is 1. The predicted octanol–water partition coefficient (Wildman–Crippen LogP) is 4.10. The standard InChI is InChI=1S/C19H19ClF3N3O3S/c1-12-3-2-4-17(24-12)25-18(27)13-7-9-26(10-8-13)30(28,29)14-5-6-16(20)15(11-14)19(21,22)23/h2-6,11,13H,7-10H2,1H3,(H,24,25,27). The Hall–Kier alpha value is -2.17. The Morgan fingerprint density at radius 1 is 1.20 bits per heavy atom. The van der Waals surface area contributed by atoms with Crippen LogP contribution in [0.25, 0.3) is 0 Å². The fourth-order valence-corrected chi connectivity index (χ4v) is 4.95. The zero-order chi connectivity index (χ0) is 22.1. The van der Waals surface area contributed by atoms with Crippen LogP contribution in [0.4, 0.5) is 19.0 Å². The molecular weight excluding hydrogens is 443 g/mol. The second kappa shape index (κ2) is 8.52. The molecule has 0 bridgehead atoms. The number of nitrogens with one attached hydrogen (secondary N) is 1. The lowest BCUT2D eigenvalue weighted by Gasteiger charge is -2.30. The number of hydrogen-bond acceptors (Lipinski definition) is 4. The summed E-state index contributed by atoms with van der Waals surface area (Å²) < 4.78 is 65.8. The number of aryl methyl sites for hydroxylation is 1. The molecule has 0 spiro atoms. The SMILES string of the molecule is Cc1cccc(NC(=O)C2CCN(S(=O)(=O)c3ccc(Cl)c(C(F)(F)F)c3)CC2)n1. The number of rotatable bonds is 4. The van der Waals surface area contributed by atoms with Gasteiger partial charge < -0.3 is 5.32 Å². The minimum absolute atomic E-state index is 0.0195. The van der Waals surface area contributed by atoms with Gasteiger partial charge in [-0.2, -0.15) is 17.5 Å². The molecule has 1 amide bonds. The van der Waals surface area contributed by atoms with Crippen LogP contribution in [0.15, 0.2) is 41.3 Å². The van der Waals surface area contributed by atoms with Crippen LogP contribution in [0.1, 0.15) is 24.1 Å². The molecule has 162 valence electrons. The summed E-state index contributed by atoms with van der Waals surface area (Å²) in [4.78, 5) is 16.2. The second-order valence-corrected chi connectivity index (χ2v) is 9.32. The Morgan fingerprint density at radius 2 is 1.87 bits per heavy atom. The molecule has 1 aliphatic rings. The number of alkyl halides is 3. The number of benzene rings is 1. The Balaban J connectivity index is 1.69. The monoisotopic (exact) mass is 461 g/mol. The van der Waals surface area contributed by atoms with E-state index in [4.69, 9.17) is 11.6 Å². The number of hydrogen-bond donors (Lipinski definition) is 1. The average molecular weight is 462 g/mol. The highest BCUT2D eigenvalue weighted by Crippen LogP contribution is 2.36. The normalized spacial score (nSPS) is 16.4. The van der Waals surface area contributed by atoms with Gasteiger partial charge in [-0.3, -0.25) is 4.79 Å². The summed E-state index contributed by atoms with van der Waals surface area (Å²) in [7, 11) is -4.14. The molecule has 1 aliphatic heterocycles. The molecule has 0 atom stereocenters. The van der Waals surface area contributed by atoms with Crippen molar-refractivity contribution in [1.82, 2.24) is 9.29 Å². The Labute approximate surface area is 177 Å². The first-order chi connectivity index (χ1) is 14.0. The summed E-state index contributed by atoms with van der Waals surface area (Å²) in [5.74, 6) is -0.276. The fraction of sp³-hybridized carbons (Fsp3) is 0.368. The average Bonchev–Trinajstić information content (AvgIpc) is 2.67. The van der Waals surface area contributed by atoms with Crippen LogP contribution in [-0.4, -0.2) is 36.7 Å². The van der Waals surface area contributed by atoms with Gasteiger partial charge in [0.15, 0.2) is 0 Å². The smallest absolute Gasteiger partial charge is 0.310 e. The van der Waals surface area contributed by atoms with Gasteiger partial charge in [-0.05, 0) is 50.1 Å². The van der Waals surface area contributed by atoms with E-state index in [0.717, 1.165) is 22.1 Å². The highest BCUT2D eigenvalue weighted by Gasteiger charge is 2.37. The summed E-state index contributed by atoms with van der Waals surface area (Å²) in [6.07, 6.45) is -4.27. The van der Waals surface area contributed by atoms with E-state index < -0.39 is 37.6 Å². The molecule has 30 heavy (non-hydrogen) atoms. The first-order valence-electron chi connectivity index (χ1n) is 9.10. The van der Waals surface area contributed by atoms with Crippen LogP contribution in [0.5, 0.6) is 0 Å². The number of aromatic nitrogens is 1. The molecule has 1 N–H and O–H groups in total. The first-order valence-corrected chi connectivity index (χ1v) is 10.9. The molecule has 11 heteroatoms. The Morgan fingerprint density at radius 3 is 2.47 bits per heavy atom. The molecule has 1 saturated heterocycles. The van der Waals surface area contributed by atoms with Gasteiger partial charge in [0, 0.05) is 24.7 Å². The van der Waals surface area contributed by atoms with Crippen LogP contribution in [0.3, 0.4) is 0 Å². The number of amides is 1. The van der Waals surface area contributed by atoms with Crippen molar-refractivity contribution in [2.75, 3.05) is 18.4 Å². The van der Waals surface area contributed by atoms with E-state index in [0.29, 0.717) is 11.9 Å². The van der Waals surface area contributed by atoms with E-state index in [1.54, 1.807) is 25.1 Å². The molecule has 0 aliphatic carbocycles. The molecule has 6 nitrogen and oxygen atoms in total. The number of anilines is 1. The molecular formula is C19H19ClF3N3O3S. The summed E-state index contributed by atoms with van der Waals surface area (Å²) in [5.41, 5.74) is -0.458. The van der Waals surface area contributed by atoms with E-state index in [9.17, 15) is 26.4 Å². The van der Waals surface area contributed by atoms with Gasteiger partial charge >= 0.3 is 6.18 Å². The first kappa shape index (κ1) is 22.5. The number of piperidine rings is 1. The zero-order valence-electron chi connectivity index (χ0n) is 15.9. The van der Waals surface area contributed by atoms with Gasteiger partial charge in [-0.25, -0.2) is 13.4 Å². The lowest BCUT2D eigenvalue weighted by Crippen LogP contribution is -2.41. The summed E-state index contributed by atoms with van der Waals surface area (Å²) >= 11 is 5.57. The quantitative estimate of drug-likeness (QED) is 0.743.